The van der Waals surface area contributed by atoms with Crippen LogP contribution in [0.2, 0.25) is 0 Å². The number of nitrogens with zero attached hydrogens (tertiary/aromatic N) is 2. The van der Waals surface area contributed by atoms with Gasteiger partial charge in [0.1, 0.15) is 17.7 Å². The number of amides is 1. The minimum atomic E-state index is -0.586. The van der Waals surface area contributed by atoms with Gasteiger partial charge in [-0.2, -0.15) is 0 Å². The van der Waals surface area contributed by atoms with Crippen LogP contribution in [-0.4, -0.2) is 50.1 Å². The maximum Gasteiger partial charge on any atom is 0.247 e. The zero-order valence-corrected chi connectivity index (χ0v) is 16.9. The van der Waals surface area contributed by atoms with E-state index < -0.39 is 11.9 Å². The van der Waals surface area contributed by atoms with E-state index in [0.29, 0.717) is 23.0 Å². The Morgan fingerprint density at radius 2 is 2.03 bits per heavy atom. The predicted octanol–water partition coefficient (Wildman–Crippen LogP) is 3.39. The summed E-state index contributed by atoms with van der Waals surface area (Å²) < 4.78 is 28.3. The number of rotatable bonds is 4. The van der Waals surface area contributed by atoms with Crippen molar-refractivity contribution in [2.75, 3.05) is 42.7 Å². The van der Waals surface area contributed by atoms with E-state index in [-0.39, 0.29) is 18.1 Å². The molecule has 2 aromatic rings. The molecular weight excluding hydrogens is 374 g/mol. The molecule has 2 N–H and O–H groups in total. The second-order valence-electron chi connectivity index (χ2n) is 8.16. The summed E-state index contributed by atoms with van der Waals surface area (Å²) in [5.41, 5.74) is 3.27. The van der Waals surface area contributed by atoms with Crippen LogP contribution in [0, 0.1) is 18.6 Å². The van der Waals surface area contributed by atoms with Crippen LogP contribution in [0.15, 0.2) is 30.3 Å². The molecule has 7 heteroatoms. The summed E-state index contributed by atoms with van der Waals surface area (Å²) >= 11 is 0. The molecule has 2 aliphatic heterocycles. The lowest BCUT2D eigenvalue weighted by Crippen LogP contribution is -2.33. The third-order valence-electron chi connectivity index (χ3n) is 5.92. The van der Waals surface area contributed by atoms with Crippen molar-refractivity contribution in [2.24, 2.45) is 0 Å². The molecular formula is C22H26F2N4O. The lowest BCUT2D eigenvalue weighted by atomic mass is 10.1. The van der Waals surface area contributed by atoms with Crippen LogP contribution in [-0.2, 0) is 11.2 Å². The van der Waals surface area contributed by atoms with E-state index in [4.69, 9.17) is 0 Å². The van der Waals surface area contributed by atoms with Crippen molar-refractivity contribution in [1.29, 1.82) is 0 Å². The van der Waals surface area contributed by atoms with Gasteiger partial charge in [0.2, 0.25) is 5.91 Å². The summed E-state index contributed by atoms with van der Waals surface area (Å²) in [5.74, 6) is -1.01. The molecule has 5 nitrogen and oxygen atoms in total. The lowest BCUT2D eigenvalue weighted by Gasteiger charge is -2.22. The maximum atomic E-state index is 14.2. The number of nitrogens with one attached hydrogen (secondary N) is 2. The zero-order chi connectivity index (χ0) is 20.7. The van der Waals surface area contributed by atoms with Gasteiger partial charge in [0.25, 0.3) is 0 Å². The van der Waals surface area contributed by atoms with Crippen molar-refractivity contribution in [3.63, 3.8) is 0 Å². The van der Waals surface area contributed by atoms with Crippen LogP contribution in [0.5, 0.6) is 0 Å². The number of fused-ring (bicyclic) bond motifs is 1. The minimum Gasteiger partial charge on any atom is -0.373 e. The highest BCUT2D eigenvalue weighted by Gasteiger charge is 2.30. The molecule has 0 aromatic heterocycles. The highest BCUT2D eigenvalue weighted by Crippen LogP contribution is 2.32. The first-order valence-corrected chi connectivity index (χ1v) is 9.89. The van der Waals surface area contributed by atoms with Crippen LogP contribution >= 0.6 is 0 Å². The first-order valence-electron chi connectivity index (χ1n) is 9.89. The van der Waals surface area contributed by atoms with Gasteiger partial charge in [-0.05, 0) is 57.3 Å². The molecule has 2 heterocycles. The van der Waals surface area contributed by atoms with E-state index in [0.717, 1.165) is 30.8 Å². The molecule has 29 heavy (non-hydrogen) atoms. The number of carbonyl (C=O) groups is 1. The van der Waals surface area contributed by atoms with Gasteiger partial charge >= 0.3 is 0 Å². The molecule has 0 aliphatic carbocycles. The summed E-state index contributed by atoms with van der Waals surface area (Å²) in [5, 5.41) is 5.90. The normalized spacial score (nSPS) is 20.7. The quantitative estimate of drug-likeness (QED) is 0.826. The fourth-order valence-electron chi connectivity index (χ4n) is 4.18. The van der Waals surface area contributed by atoms with Gasteiger partial charge in [-0.15, -0.1) is 0 Å². The van der Waals surface area contributed by atoms with E-state index in [1.807, 2.05) is 21.0 Å². The average molecular weight is 400 g/mol. The fourth-order valence-corrected chi connectivity index (χ4v) is 4.18. The van der Waals surface area contributed by atoms with E-state index in [9.17, 15) is 13.6 Å². The van der Waals surface area contributed by atoms with E-state index >= 15 is 0 Å². The standard InChI is InChI=1S/C22H26F2N4O/c1-13-4-5-19(24)18-11-20(26-21(13)18)22(29)25-15-8-14(23)9-17(10-15)28-7-6-16(12-28)27(2)3/h4-5,8-10,16,20,26H,6-7,11-12H2,1-3H3,(H,25,29). The topological polar surface area (TPSA) is 47.6 Å². The molecule has 2 aromatic carbocycles. The van der Waals surface area contributed by atoms with Crippen LogP contribution in [0.25, 0.3) is 0 Å². The number of anilines is 3. The third-order valence-corrected chi connectivity index (χ3v) is 5.92. The molecule has 1 fully saturated rings. The van der Waals surface area contributed by atoms with Gasteiger partial charge in [-0.1, -0.05) is 6.07 Å². The molecule has 4 rings (SSSR count). The molecule has 2 atom stereocenters. The zero-order valence-electron chi connectivity index (χ0n) is 16.9. The Kier molecular flexibility index (Phi) is 5.17. The summed E-state index contributed by atoms with van der Waals surface area (Å²) in [6.07, 6.45) is 1.29. The summed E-state index contributed by atoms with van der Waals surface area (Å²) in [4.78, 5) is 17.1. The molecule has 2 unspecified atom stereocenters. The number of hydrogen-bond donors (Lipinski definition) is 2. The Hall–Kier alpha value is -2.67. The van der Waals surface area contributed by atoms with Crippen molar-refractivity contribution < 1.29 is 13.6 Å². The Morgan fingerprint density at radius 3 is 2.72 bits per heavy atom. The van der Waals surface area contributed by atoms with Gasteiger partial charge in [-0.3, -0.25) is 4.79 Å². The average Bonchev–Trinajstić information content (AvgIpc) is 3.32. The molecule has 0 bridgehead atoms. The number of aryl methyl sites for hydroxylation is 1. The van der Waals surface area contributed by atoms with Crippen LogP contribution < -0.4 is 15.5 Å². The van der Waals surface area contributed by atoms with Gasteiger partial charge < -0.3 is 20.4 Å². The SMILES string of the molecule is Cc1ccc(F)c2c1NC(C(=O)Nc1cc(F)cc(N3CCC(N(C)C)C3)c1)C2. The number of likely N-dealkylation sites (N-methyl/N-ethyl adjacent to an activating group) is 1. The second-order valence-corrected chi connectivity index (χ2v) is 8.16. The fraction of sp³-hybridized carbons (Fsp3) is 0.409. The Balaban J connectivity index is 1.48. The summed E-state index contributed by atoms with van der Waals surface area (Å²) in [6, 6.07) is 7.56. The maximum absolute atomic E-state index is 14.2. The van der Waals surface area contributed by atoms with Gasteiger partial charge in [0, 0.05) is 48.2 Å². The van der Waals surface area contributed by atoms with Crippen molar-refractivity contribution >= 4 is 23.0 Å². The molecule has 2 aliphatic rings. The van der Waals surface area contributed by atoms with Crippen LogP contribution in [0.1, 0.15) is 17.5 Å². The smallest absolute Gasteiger partial charge is 0.247 e. The van der Waals surface area contributed by atoms with Gasteiger partial charge in [0.05, 0.1) is 0 Å². The number of hydrogen-bond acceptors (Lipinski definition) is 4. The molecule has 154 valence electrons. The Labute approximate surface area is 169 Å². The predicted molar refractivity (Wildman–Crippen MR) is 112 cm³/mol. The highest BCUT2D eigenvalue weighted by atomic mass is 19.1. The number of halogens is 2. The van der Waals surface area contributed by atoms with Gasteiger partial charge in [0.15, 0.2) is 0 Å². The van der Waals surface area contributed by atoms with Crippen LogP contribution in [0.3, 0.4) is 0 Å². The summed E-state index contributed by atoms with van der Waals surface area (Å²) in [7, 11) is 4.09. The summed E-state index contributed by atoms with van der Waals surface area (Å²) in [6.45, 7) is 3.54. The van der Waals surface area contributed by atoms with Gasteiger partial charge in [-0.25, -0.2) is 8.78 Å². The number of carbonyl (C=O) groups excluding carboxylic acids is 1. The van der Waals surface area contributed by atoms with Crippen LogP contribution in [0.4, 0.5) is 25.8 Å². The first-order chi connectivity index (χ1) is 13.8. The molecule has 0 radical (unpaired) electrons. The van der Waals surface area contributed by atoms with Crippen molar-refractivity contribution in [2.45, 2.75) is 31.8 Å². The van der Waals surface area contributed by atoms with E-state index in [2.05, 4.69) is 20.4 Å². The molecule has 1 amide bonds. The third kappa shape index (κ3) is 3.92. The molecule has 1 saturated heterocycles. The van der Waals surface area contributed by atoms with Crippen molar-refractivity contribution in [3.05, 3.63) is 53.1 Å². The molecule has 0 spiro atoms. The van der Waals surface area contributed by atoms with E-state index in [1.54, 1.807) is 12.1 Å². The first kappa shape index (κ1) is 19.6. The Morgan fingerprint density at radius 1 is 1.24 bits per heavy atom. The second kappa shape index (κ2) is 7.63. The lowest BCUT2D eigenvalue weighted by molar-refractivity contribution is -0.116. The monoisotopic (exact) mass is 400 g/mol. The largest absolute Gasteiger partial charge is 0.373 e. The molecule has 0 saturated carbocycles. The minimum absolute atomic E-state index is 0.271. The Bertz CT molecular complexity index is 916. The number of benzene rings is 2. The van der Waals surface area contributed by atoms with E-state index in [1.165, 1.54) is 18.2 Å². The van der Waals surface area contributed by atoms with Crippen molar-refractivity contribution in [1.82, 2.24) is 4.90 Å². The highest BCUT2D eigenvalue weighted by molar-refractivity contribution is 5.98. The van der Waals surface area contributed by atoms with Crippen molar-refractivity contribution in [3.8, 4) is 0 Å².